The molecule has 0 atom stereocenters. The summed E-state index contributed by atoms with van der Waals surface area (Å²) in [4.78, 5) is 16.4. The number of aromatic nitrogens is 2. The highest BCUT2D eigenvalue weighted by atomic mass is 19.1. The fraction of sp³-hybridized carbons (Fsp3) is 0.421. The van der Waals surface area contributed by atoms with Crippen LogP contribution in [0.3, 0.4) is 0 Å². The van der Waals surface area contributed by atoms with E-state index in [1.165, 1.54) is 12.1 Å². The maximum Gasteiger partial charge on any atom is 0.230 e. The molecule has 1 aliphatic rings. The first-order chi connectivity index (χ1) is 12.3. The molecule has 2 aromatic rings. The van der Waals surface area contributed by atoms with Crippen molar-refractivity contribution >= 4 is 23.2 Å². The van der Waals surface area contributed by atoms with E-state index in [9.17, 15) is 9.18 Å². The summed E-state index contributed by atoms with van der Waals surface area (Å²) in [5.74, 6) is 0.935. The van der Waals surface area contributed by atoms with Crippen LogP contribution in [0.2, 0.25) is 0 Å². The second-order valence-electron chi connectivity index (χ2n) is 7.43. The lowest BCUT2D eigenvalue weighted by molar-refractivity contribution is -0.123. The highest BCUT2D eigenvalue weighted by Gasteiger charge is 2.22. The number of nitrogens with zero attached hydrogens (tertiary/aromatic N) is 4. The topological polar surface area (TPSA) is 61.4 Å². The Morgan fingerprint density at radius 2 is 1.58 bits per heavy atom. The summed E-state index contributed by atoms with van der Waals surface area (Å²) in [6.45, 7) is 8.82. The summed E-state index contributed by atoms with van der Waals surface area (Å²) in [5.41, 5.74) is 0.550. The van der Waals surface area contributed by atoms with Crippen LogP contribution in [-0.2, 0) is 4.79 Å². The molecule has 1 fully saturated rings. The Bertz CT molecular complexity index is 747. The molecule has 0 aliphatic carbocycles. The Morgan fingerprint density at radius 3 is 2.12 bits per heavy atom. The maximum atomic E-state index is 13.0. The number of hydrogen-bond donors (Lipinski definition) is 1. The molecule has 1 amide bonds. The molecular weight excluding hydrogens is 333 g/mol. The average Bonchev–Trinajstić information content (AvgIpc) is 2.62. The van der Waals surface area contributed by atoms with Crippen molar-refractivity contribution in [2.45, 2.75) is 20.8 Å². The molecule has 1 aliphatic heterocycles. The molecular formula is C19H24FN5O. The molecule has 7 heteroatoms. The number of nitrogens with one attached hydrogen (secondary N) is 1. The Balaban J connectivity index is 1.58. The lowest BCUT2D eigenvalue weighted by atomic mass is 9.96. The lowest BCUT2D eigenvalue weighted by Crippen LogP contribution is -2.46. The van der Waals surface area contributed by atoms with Gasteiger partial charge in [0.1, 0.15) is 5.82 Å². The van der Waals surface area contributed by atoms with Gasteiger partial charge in [-0.1, -0.05) is 20.8 Å². The van der Waals surface area contributed by atoms with E-state index < -0.39 is 5.41 Å². The Hall–Kier alpha value is -2.70. The van der Waals surface area contributed by atoms with Gasteiger partial charge in [0.15, 0.2) is 11.6 Å². The Kier molecular flexibility index (Phi) is 5.06. The van der Waals surface area contributed by atoms with Crippen molar-refractivity contribution in [1.29, 1.82) is 0 Å². The van der Waals surface area contributed by atoms with Crippen LogP contribution in [-0.4, -0.2) is 42.3 Å². The van der Waals surface area contributed by atoms with Gasteiger partial charge in [-0.3, -0.25) is 4.79 Å². The van der Waals surface area contributed by atoms with Crippen LogP contribution in [0.5, 0.6) is 0 Å². The maximum absolute atomic E-state index is 13.0. The van der Waals surface area contributed by atoms with Crippen molar-refractivity contribution in [2.24, 2.45) is 5.41 Å². The normalized spacial score (nSPS) is 15.1. The molecule has 2 heterocycles. The second-order valence-corrected chi connectivity index (χ2v) is 7.43. The third kappa shape index (κ3) is 4.28. The Morgan fingerprint density at radius 1 is 0.962 bits per heavy atom. The van der Waals surface area contributed by atoms with Gasteiger partial charge in [-0.05, 0) is 36.4 Å². The third-order valence-corrected chi connectivity index (χ3v) is 4.37. The predicted molar refractivity (Wildman–Crippen MR) is 101 cm³/mol. The summed E-state index contributed by atoms with van der Waals surface area (Å²) >= 11 is 0. The summed E-state index contributed by atoms with van der Waals surface area (Å²) in [7, 11) is 0. The minimum absolute atomic E-state index is 0.0903. The van der Waals surface area contributed by atoms with Crippen molar-refractivity contribution in [2.75, 3.05) is 41.3 Å². The van der Waals surface area contributed by atoms with Gasteiger partial charge in [-0.25, -0.2) is 4.39 Å². The van der Waals surface area contributed by atoms with Crippen LogP contribution in [0.1, 0.15) is 20.8 Å². The lowest BCUT2D eigenvalue weighted by Gasteiger charge is -2.36. The molecule has 1 saturated heterocycles. The second kappa shape index (κ2) is 7.27. The third-order valence-electron chi connectivity index (χ3n) is 4.37. The number of rotatable bonds is 3. The number of halogens is 1. The van der Waals surface area contributed by atoms with E-state index in [1.807, 2.05) is 26.8 Å². The van der Waals surface area contributed by atoms with Crippen LogP contribution in [0, 0.1) is 11.2 Å². The quantitative estimate of drug-likeness (QED) is 0.915. The zero-order valence-electron chi connectivity index (χ0n) is 15.4. The van der Waals surface area contributed by atoms with Gasteiger partial charge in [0, 0.05) is 37.3 Å². The Labute approximate surface area is 153 Å². The van der Waals surface area contributed by atoms with Crippen molar-refractivity contribution in [3.05, 3.63) is 42.2 Å². The standard InChI is InChI=1S/C19H24FN5O/c1-19(2,3)18(26)21-16-8-9-17(23-22-16)25-12-10-24(11-13-25)15-6-4-14(20)5-7-15/h4-9H,10-13H2,1-3H3,(H,21,22,26). The van der Waals surface area contributed by atoms with Crippen LogP contribution in [0.15, 0.2) is 36.4 Å². The molecule has 6 nitrogen and oxygen atoms in total. The minimum atomic E-state index is -0.475. The minimum Gasteiger partial charge on any atom is -0.368 e. The van der Waals surface area contributed by atoms with E-state index >= 15 is 0 Å². The fourth-order valence-corrected chi connectivity index (χ4v) is 2.71. The monoisotopic (exact) mass is 357 g/mol. The molecule has 0 spiro atoms. The van der Waals surface area contributed by atoms with Gasteiger partial charge in [0.05, 0.1) is 0 Å². The van der Waals surface area contributed by atoms with E-state index in [4.69, 9.17) is 0 Å². The number of carbonyl (C=O) groups excluding carboxylic acids is 1. The van der Waals surface area contributed by atoms with Gasteiger partial charge in [0.2, 0.25) is 5.91 Å². The average molecular weight is 357 g/mol. The number of hydrogen-bond acceptors (Lipinski definition) is 5. The SMILES string of the molecule is CC(C)(C)C(=O)Nc1ccc(N2CCN(c3ccc(F)cc3)CC2)nn1. The van der Waals surface area contributed by atoms with Gasteiger partial charge in [0.25, 0.3) is 0 Å². The molecule has 0 radical (unpaired) electrons. The van der Waals surface area contributed by atoms with Gasteiger partial charge >= 0.3 is 0 Å². The van der Waals surface area contributed by atoms with E-state index in [1.54, 1.807) is 18.2 Å². The first-order valence-corrected chi connectivity index (χ1v) is 8.73. The summed E-state index contributed by atoms with van der Waals surface area (Å²) < 4.78 is 13.0. The van der Waals surface area contributed by atoms with Crippen LogP contribution >= 0.6 is 0 Å². The van der Waals surface area contributed by atoms with Gasteiger partial charge < -0.3 is 15.1 Å². The zero-order valence-corrected chi connectivity index (χ0v) is 15.4. The number of benzene rings is 1. The van der Waals surface area contributed by atoms with Crippen LogP contribution < -0.4 is 15.1 Å². The summed E-state index contributed by atoms with van der Waals surface area (Å²) in [5, 5.41) is 11.1. The summed E-state index contributed by atoms with van der Waals surface area (Å²) in [6.07, 6.45) is 0. The smallest absolute Gasteiger partial charge is 0.230 e. The summed E-state index contributed by atoms with van der Waals surface area (Å²) in [6, 6.07) is 10.2. The van der Waals surface area contributed by atoms with Crippen molar-refractivity contribution in [1.82, 2.24) is 10.2 Å². The molecule has 0 unspecified atom stereocenters. The highest BCUT2D eigenvalue weighted by Crippen LogP contribution is 2.20. The molecule has 0 saturated carbocycles. The van der Waals surface area contributed by atoms with Gasteiger partial charge in [-0.2, -0.15) is 0 Å². The number of amides is 1. The van der Waals surface area contributed by atoms with Gasteiger partial charge in [-0.15, -0.1) is 10.2 Å². The van der Waals surface area contributed by atoms with E-state index in [0.717, 1.165) is 37.7 Å². The largest absolute Gasteiger partial charge is 0.368 e. The first kappa shape index (κ1) is 18.1. The fourth-order valence-electron chi connectivity index (χ4n) is 2.71. The molecule has 1 aromatic heterocycles. The molecule has 1 aromatic carbocycles. The molecule has 0 bridgehead atoms. The number of anilines is 3. The van der Waals surface area contributed by atoms with Crippen molar-refractivity contribution in [3.63, 3.8) is 0 Å². The van der Waals surface area contributed by atoms with E-state index in [0.29, 0.717) is 5.82 Å². The highest BCUT2D eigenvalue weighted by molar-refractivity contribution is 5.93. The molecule has 26 heavy (non-hydrogen) atoms. The van der Waals surface area contributed by atoms with E-state index in [2.05, 4.69) is 25.3 Å². The molecule has 1 N–H and O–H groups in total. The van der Waals surface area contributed by atoms with Crippen LogP contribution in [0.4, 0.5) is 21.7 Å². The van der Waals surface area contributed by atoms with Crippen LogP contribution in [0.25, 0.3) is 0 Å². The predicted octanol–water partition coefficient (Wildman–Crippen LogP) is 2.93. The van der Waals surface area contributed by atoms with Crippen molar-refractivity contribution in [3.8, 4) is 0 Å². The van der Waals surface area contributed by atoms with E-state index in [-0.39, 0.29) is 11.7 Å². The molecule has 138 valence electrons. The zero-order chi connectivity index (χ0) is 18.7. The number of piperazine rings is 1. The number of carbonyl (C=O) groups is 1. The molecule has 3 rings (SSSR count). The van der Waals surface area contributed by atoms with Crippen molar-refractivity contribution < 1.29 is 9.18 Å². The first-order valence-electron chi connectivity index (χ1n) is 8.73.